The SMILES string of the molecule is CC(Br)C(=O)Nc1ccccc1C(=O)Nc1ccccc1C(=O)O. The molecule has 0 radical (unpaired) electrons. The van der Waals surface area contributed by atoms with Crippen LogP contribution >= 0.6 is 15.9 Å². The van der Waals surface area contributed by atoms with E-state index >= 15 is 0 Å². The molecule has 0 aliphatic rings. The summed E-state index contributed by atoms with van der Waals surface area (Å²) < 4.78 is 0. The predicted molar refractivity (Wildman–Crippen MR) is 94.8 cm³/mol. The lowest BCUT2D eigenvalue weighted by molar-refractivity contribution is -0.115. The van der Waals surface area contributed by atoms with Gasteiger partial charge in [0.15, 0.2) is 0 Å². The Hall–Kier alpha value is -2.67. The number of anilines is 2. The Morgan fingerprint density at radius 3 is 1.96 bits per heavy atom. The second-order valence-corrected chi connectivity index (χ2v) is 6.33. The zero-order valence-corrected chi connectivity index (χ0v) is 14.3. The van der Waals surface area contributed by atoms with Crippen molar-refractivity contribution in [2.45, 2.75) is 11.8 Å². The molecule has 1 atom stereocenters. The Bertz CT molecular complexity index is 790. The van der Waals surface area contributed by atoms with Gasteiger partial charge in [-0.05, 0) is 31.2 Å². The van der Waals surface area contributed by atoms with Crippen LogP contribution in [0.2, 0.25) is 0 Å². The van der Waals surface area contributed by atoms with Gasteiger partial charge >= 0.3 is 5.97 Å². The zero-order valence-electron chi connectivity index (χ0n) is 12.7. The van der Waals surface area contributed by atoms with Crippen LogP contribution in [0.15, 0.2) is 48.5 Å². The van der Waals surface area contributed by atoms with E-state index in [1.807, 2.05) is 0 Å². The fraction of sp³-hybridized carbons (Fsp3) is 0.118. The molecule has 124 valence electrons. The molecule has 0 aliphatic carbocycles. The van der Waals surface area contributed by atoms with Gasteiger partial charge in [-0.15, -0.1) is 0 Å². The Kier molecular flexibility index (Phi) is 5.70. The first-order valence-electron chi connectivity index (χ1n) is 7.07. The van der Waals surface area contributed by atoms with E-state index in [4.69, 9.17) is 0 Å². The highest BCUT2D eigenvalue weighted by Gasteiger charge is 2.17. The Morgan fingerprint density at radius 1 is 0.917 bits per heavy atom. The number of carboxylic acids is 1. The third kappa shape index (κ3) is 4.20. The van der Waals surface area contributed by atoms with Gasteiger partial charge in [0.25, 0.3) is 5.91 Å². The fourth-order valence-electron chi connectivity index (χ4n) is 1.99. The minimum atomic E-state index is -1.14. The molecule has 0 saturated heterocycles. The summed E-state index contributed by atoms with van der Waals surface area (Å²) in [4.78, 5) is 35.1. The van der Waals surface area contributed by atoms with Gasteiger partial charge in [-0.25, -0.2) is 4.79 Å². The van der Waals surface area contributed by atoms with Gasteiger partial charge in [0, 0.05) is 0 Å². The van der Waals surface area contributed by atoms with Gasteiger partial charge in [-0.3, -0.25) is 9.59 Å². The van der Waals surface area contributed by atoms with E-state index in [0.29, 0.717) is 5.69 Å². The zero-order chi connectivity index (χ0) is 17.7. The van der Waals surface area contributed by atoms with E-state index in [1.54, 1.807) is 43.3 Å². The van der Waals surface area contributed by atoms with Crippen molar-refractivity contribution in [2.75, 3.05) is 10.6 Å². The molecule has 6 nitrogen and oxygen atoms in total. The predicted octanol–water partition coefficient (Wildman–Crippen LogP) is 3.36. The van der Waals surface area contributed by atoms with Gasteiger partial charge in [0.05, 0.1) is 27.3 Å². The minimum absolute atomic E-state index is 0.0125. The number of amides is 2. The molecule has 0 aromatic heterocycles. The minimum Gasteiger partial charge on any atom is -0.478 e. The quantitative estimate of drug-likeness (QED) is 0.682. The van der Waals surface area contributed by atoms with Crippen molar-refractivity contribution >= 4 is 45.1 Å². The van der Waals surface area contributed by atoms with Gasteiger partial charge in [0.2, 0.25) is 5.91 Å². The molecule has 0 spiro atoms. The normalized spacial score (nSPS) is 11.4. The summed E-state index contributed by atoms with van der Waals surface area (Å²) in [7, 11) is 0. The number of aromatic carboxylic acids is 1. The number of carbonyl (C=O) groups excluding carboxylic acids is 2. The van der Waals surface area contributed by atoms with Gasteiger partial charge in [-0.1, -0.05) is 40.2 Å². The van der Waals surface area contributed by atoms with Crippen molar-refractivity contribution in [3.63, 3.8) is 0 Å². The van der Waals surface area contributed by atoms with Crippen LogP contribution in [-0.2, 0) is 4.79 Å². The highest BCUT2D eigenvalue weighted by atomic mass is 79.9. The third-order valence-corrected chi connectivity index (χ3v) is 3.61. The van der Waals surface area contributed by atoms with Crippen molar-refractivity contribution in [1.29, 1.82) is 0 Å². The molecule has 2 rings (SSSR count). The van der Waals surface area contributed by atoms with Crippen molar-refractivity contribution in [1.82, 2.24) is 0 Å². The first kappa shape index (κ1) is 17.7. The number of carboxylic acid groups (broad SMARTS) is 1. The molecule has 2 aromatic carbocycles. The van der Waals surface area contributed by atoms with Gasteiger partial charge in [0.1, 0.15) is 0 Å². The first-order chi connectivity index (χ1) is 11.4. The van der Waals surface area contributed by atoms with Crippen LogP contribution in [0.5, 0.6) is 0 Å². The second kappa shape index (κ2) is 7.74. The first-order valence-corrected chi connectivity index (χ1v) is 7.99. The largest absolute Gasteiger partial charge is 0.478 e. The van der Waals surface area contributed by atoms with Crippen LogP contribution in [0.1, 0.15) is 27.6 Å². The van der Waals surface area contributed by atoms with Gasteiger partial charge < -0.3 is 15.7 Å². The molecular weight excluding hydrogens is 376 g/mol. The molecule has 0 fully saturated rings. The number of rotatable bonds is 5. The molecule has 24 heavy (non-hydrogen) atoms. The monoisotopic (exact) mass is 390 g/mol. The Balaban J connectivity index is 2.28. The molecule has 7 heteroatoms. The fourth-order valence-corrected chi connectivity index (χ4v) is 2.11. The van der Waals surface area contributed by atoms with Crippen LogP contribution in [0.4, 0.5) is 11.4 Å². The van der Waals surface area contributed by atoms with Crippen LogP contribution < -0.4 is 10.6 Å². The molecule has 0 aliphatic heterocycles. The summed E-state index contributed by atoms with van der Waals surface area (Å²) in [5.41, 5.74) is 0.754. The second-order valence-electron chi connectivity index (χ2n) is 4.96. The van der Waals surface area contributed by atoms with Crippen LogP contribution in [0.25, 0.3) is 0 Å². The average Bonchev–Trinajstić information content (AvgIpc) is 2.55. The summed E-state index contributed by atoms with van der Waals surface area (Å²) in [5.74, 6) is -1.94. The Morgan fingerprint density at radius 2 is 1.42 bits per heavy atom. The smallest absolute Gasteiger partial charge is 0.337 e. The lowest BCUT2D eigenvalue weighted by Gasteiger charge is -2.13. The van der Waals surface area contributed by atoms with Crippen molar-refractivity contribution < 1.29 is 19.5 Å². The number of halogens is 1. The summed E-state index contributed by atoms with van der Waals surface area (Å²) in [6.07, 6.45) is 0. The highest BCUT2D eigenvalue weighted by Crippen LogP contribution is 2.20. The number of hydrogen-bond acceptors (Lipinski definition) is 3. The van der Waals surface area contributed by atoms with Crippen molar-refractivity contribution in [3.05, 3.63) is 59.7 Å². The summed E-state index contributed by atoms with van der Waals surface area (Å²) in [6, 6.07) is 12.6. The summed E-state index contributed by atoms with van der Waals surface area (Å²) in [5, 5.41) is 14.4. The topological polar surface area (TPSA) is 95.5 Å². The van der Waals surface area contributed by atoms with E-state index < -0.39 is 16.7 Å². The number of alkyl halides is 1. The van der Waals surface area contributed by atoms with E-state index in [2.05, 4.69) is 26.6 Å². The summed E-state index contributed by atoms with van der Waals surface area (Å²) in [6.45, 7) is 1.67. The lowest BCUT2D eigenvalue weighted by Crippen LogP contribution is -2.23. The van der Waals surface area contributed by atoms with Crippen molar-refractivity contribution in [3.8, 4) is 0 Å². The number of carbonyl (C=O) groups is 3. The molecule has 0 heterocycles. The standard InChI is InChI=1S/C17H15BrN2O4/c1-10(18)15(21)19-13-8-4-2-6-11(13)16(22)20-14-9-5-3-7-12(14)17(23)24/h2-10H,1H3,(H,19,21)(H,20,22)(H,23,24). The Labute approximate surface area is 147 Å². The maximum Gasteiger partial charge on any atom is 0.337 e. The number of benzene rings is 2. The maximum atomic E-state index is 12.5. The number of nitrogens with one attached hydrogen (secondary N) is 2. The lowest BCUT2D eigenvalue weighted by atomic mass is 10.1. The highest BCUT2D eigenvalue weighted by molar-refractivity contribution is 9.10. The average molecular weight is 391 g/mol. The maximum absolute atomic E-state index is 12.5. The van der Waals surface area contributed by atoms with Crippen LogP contribution in [0.3, 0.4) is 0 Å². The molecule has 3 N–H and O–H groups in total. The number of hydrogen-bond donors (Lipinski definition) is 3. The summed E-state index contributed by atoms with van der Waals surface area (Å²) >= 11 is 3.16. The molecule has 1 unspecified atom stereocenters. The van der Waals surface area contributed by atoms with E-state index in [-0.39, 0.29) is 22.7 Å². The molecule has 0 saturated carbocycles. The molecule has 2 aromatic rings. The van der Waals surface area contributed by atoms with E-state index in [9.17, 15) is 19.5 Å². The molecule has 2 amide bonds. The van der Waals surface area contributed by atoms with Crippen LogP contribution in [0, 0.1) is 0 Å². The van der Waals surface area contributed by atoms with Crippen molar-refractivity contribution in [2.24, 2.45) is 0 Å². The van der Waals surface area contributed by atoms with E-state index in [0.717, 1.165) is 0 Å². The molecular formula is C17H15BrN2O4. The number of para-hydroxylation sites is 2. The van der Waals surface area contributed by atoms with Gasteiger partial charge in [-0.2, -0.15) is 0 Å². The third-order valence-electron chi connectivity index (χ3n) is 3.20. The van der Waals surface area contributed by atoms with Crippen LogP contribution in [-0.4, -0.2) is 27.7 Å². The van der Waals surface area contributed by atoms with E-state index in [1.165, 1.54) is 12.1 Å². The molecule has 0 bridgehead atoms.